The number of piperidine rings is 1. The Kier molecular flexibility index (Phi) is 6.21. The van der Waals surface area contributed by atoms with E-state index in [9.17, 15) is 14.7 Å². The number of rotatable bonds is 6. The van der Waals surface area contributed by atoms with Gasteiger partial charge in [0.1, 0.15) is 0 Å². The predicted molar refractivity (Wildman–Crippen MR) is 102 cm³/mol. The zero-order valence-electron chi connectivity index (χ0n) is 15.1. The van der Waals surface area contributed by atoms with Crippen LogP contribution in [-0.4, -0.2) is 46.2 Å². The first-order chi connectivity index (χ1) is 13.0. The highest BCUT2D eigenvalue weighted by molar-refractivity contribution is 5.95. The average Bonchev–Trinajstić information content (AvgIpc) is 2.69. The van der Waals surface area contributed by atoms with Gasteiger partial charge in [-0.05, 0) is 48.2 Å². The lowest BCUT2D eigenvalue weighted by molar-refractivity contribution is 0.0696. The molecule has 0 saturated carbocycles. The lowest BCUT2D eigenvalue weighted by Crippen LogP contribution is -2.35. The molecule has 0 atom stereocenters. The molecule has 27 heavy (non-hydrogen) atoms. The lowest BCUT2D eigenvalue weighted by Gasteiger charge is -2.29. The smallest absolute Gasteiger partial charge is 0.335 e. The molecule has 1 heterocycles. The highest BCUT2D eigenvalue weighted by Crippen LogP contribution is 2.14. The van der Waals surface area contributed by atoms with Gasteiger partial charge in [-0.3, -0.25) is 9.69 Å². The summed E-state index contributed by atoms with van der Waals surface area (Å²) in [7, 11) is 0. The number of benzene rings is 2. The predicted octanol–water partition coefficient (Wildman–Crippen LogP) is 2.27. The number of hydrogen-bond acceptors (Lipinski definition) is 4. The normalized spacial score (nSPS) is 15.4. The summed E-state index contributed by atoms with van der Waals surface area (Å²) < 4.78 is 0. The maximum absolute atomic E-state index is 12.2. The van der Waals surface area contributed by atoms with Gasteiger partial charge in [-0.1, -0.05) is 24.3 Å². The number of aliphatic hydroxyl groups excluding tert-OH is 1. The van der Waals surface area contributed by atoms with Crippen molar-refractivity contribution in [3.05, 3.63) is 70.8 Å². The molecular formula is C21H24N2O4. The Bertz CT molecular complexity index is 779. The van der Waals surface area contributed by atoms with E-state index in [1.807, 2.05) is 12.1 Å². The topological polar surface area (TPSA) is 89.9 Å². The molecule has 1 fully saturated rings. The Balaban J connectivity index is 1.49. The zero-order valence-corrected chi connectivity index (χ0v) is 15.1. The van der Waals surface area contributed by atoms with Gasteiger partial charge < -0.3 is 15.5 Å². The first-order valence-electron chi connectivity index (χ1n) is 9.11. The Morgan fingerprint density at radius 3 is 2.07 bits per heavy atom. The SMILES string of the molecule is O=C(O)c1ccc(C(=O)NCc2ccc(CN3CCC(O)CC3)cc2)cc1. The van der Waals surface area contributed by atoms with Gasteiger partial charge >= 0.3 is 5.97 Å². The minimum atomic E-state index is -1.01. The summed E-state index contributed by atoms with van der Waals surface area (Å²) in [5, 5.41) is 21.3. The molecule has 1 saturated heterocycles. The maximum atomic E-state index is 12.2. The molecule has 142 valence electrons. The summed E-state index contributed by atoms with van der Waals surface area (Å²) in [6.07, 6.45) is 1.50. The maximum Gasteiger partial charge on any atom is 0.335 e. The molecule has 0 unspecified atom stereocenters. The van der Waals surface area contributed by atoms with Crippen molar-refractivity contribution < 1.29 is 19.8 Å². The molecule has 0 aromatic heterocycles. The lowest BCUT2D eigenvalue weighted by atomic mass is 10.1. The van der Waals surface area contributed by atoms with E-state index in [2.05, 4.69) is 22.3 Å². The van der Waals surface area contributed by atoms with Crippen molar-refractivity contribution >= 4 is 11.9 Å². The standard InChI is InChI=1S/C21H24N2O4/c24-19-9-11-23(12-10-19)14-16-3-1-15(2-4-16)13-22-20(25)17-5-7-18(8-6-17)21(26)27/h1-8,19,24H,9-14H2,(H,22,25)(H,26,27). The number of aliphatic hydroxyl groups is 1. The fraction of sp³-hybridized carbons (Fsp3) is 0.333. The van der Waals surface area contributed by atoms with Crippen molar-refractivity contribution in [1.82, 2.24) is 10.2 Å². The molecule has 1 aliphatic heterocycles. The van der Waals surface area contributed by atoms with Crippen molar-refractivity contribution in [2.24, 2.45) is 0 Å². The molecule has 2 aromatic carbocycles. The van der Waals surface area contributed by atoms with Crippen LogP contribution in [0, 0.1) is 0 Å². The van der Waals surface area contributed by atoms with Crippen LogP contribution in [0.25, 0.3) is 0 Å². The number of carbonyl (C=O) groups is 2. The molecule has 1 aliphatic rings. The van der Waals surface area contributed by atoms with Crippen molar-refractivity contribution in [2.45, 2.75) is 32.0 Å². The number of carboxylic acids is 1. The summed E-state index contributed by atoms with van der Waals surface area (Å²) in [5.74, 6) is -1.24. The van der Waals surface area contributed by atoms with E-state index in [4.69, 9.17) is 5.11 Å². The van der Waals surface area contributed by atoms with Gasteiger partial charge in [-0.15, -0.1) is 0 Å². The molecule has 1 amide bonds. The second-order valence-electron chi connectivity index (χ2n) is 6.89. The van der Waals surface area contributed by atoms with Crippen molar-refractivity contribution in [3.8, 4) is 0 Å². The molecular weight excluding hydrogens is 344 g/mol. The zero-order chi connectivity index (χ0) is 19.2. The van der Waals surface area contributed by atoms with E-state index in [1.165, 1.54) is 29.8 Å². The van der Waals surface area contributed by atoms with Crippen LogP contribution in [0.15, 0.2) is 48.5 Å². The van der Waals surface area contributed by atoms with E-state index in [0.717, 1.165) is 38.0 Å². The van der Waals surface area contributed by atoms with Gasteiger partial charge in [0.15, 0.2) is 0 Å². The van der Waals surface area contributed by atoms with Gasteiger partial charge in [0, 0.05) is 31.7 Å². The second-order valence-corrected chi connectivity index (χ2v) is 6.89. The quantitative estimate of drug-likeness (QED) is 0.728. The monoisotopic (exact) mass is 368 g/mol. The third-order valence-corrected chi connectivity index (χ3v) is 4.83. The van der Waals surface area contributed by atoms with Crippen LogP contribution in [0.3, 0.4) is 0 Å². The van der Waals surface area contributed by atoms with E-state index in [0.29, 0.717) is 12.1 Å². The van der Waals surface area contributed by atoms with Crippen LogP contribution in [0.5, 0.6) is 0 Å². The molecule has 3 rings (SSSR count). The number of hydrogen-bond donors (Lipinski definition) is 3. The number of amides is 1. The average molecular weight is 368 g/mol. The Morgan fingerprint density at radius 1 is 0.926 bits per heavy atom. The summed E-state index contributed by atoms with van der Waals surface area (Å²) >= 11 is 0. The molecule has 0 bridgehead atoms. The van der Waals surface area contributed by atoms with E-state index >= 15 is 0 Å². The van der Waals surface area contributed by atoms with Gasteiger partial charge in [0.25, 0.3) is 5.91 Å². The minimum Gasteiger partial charge on any atom is -0.478 e. The number of likely N-dealkylation sites (tertiary alicyclic amines) is 1. The highest BCUT2D eigenvalue weighted by atomic mass is 16.4. The molecule has 0 radical (unpaired) electrons. The van der Waals surface area contributed by atoms with Crippen molar-refractivity contribution in [1.29, 1.82) is 0 Å². The molecule has 0 spiro atoms. The molecule has 0 aliphatic carbocycles. The summed E-state index contributed by atoms with van der Waals surface area (Å²) in [6.45, 7) is 3.12. The van der Waals surface area contributed by atoms with Gasteiger partial charge in [0.2, 0.25) is 0 Å². The number of carboxylic acid groups (broad SMARTS) is 1. The Hall–Kier alpha value is -2.70. The third kappa shape index (κ3) is 5.39. The van der Waals surface area contributed by atoms with Crippen LogP contribution in [0.4, 0.5) is 0 Å². The van der Waals surface area contributed by atoms with Gasteiger partial charge in [-0.2, -0.15) is 0 Å². The Morgan fingerprint density at radius 2 is 1.48 bits per heavy atom. The minimum absolute atomic E-state index is 0.158. The van der Waals surface area contributed by atoms with Crippen molar-refractivity contribution in [3.63, 3.8) is 0 Å². The fourth-order valence-electron chi connectivity index (χ4n) is 3.15. The number of carbonyl (C=O) groups excluding carboxylic acids is 1. The van der Waals surface area contributed by atoms with Gasteiger partial charge in [-0.25, -0.2) is 4.79 Å². The van der Waals surface area contributed by atoms with E-state index in [1.54, 1.807) is 0 Å². The summed E-state index contributed by atoms with van der Waals surface area (Å²) in [6, 6.07) is 14.0. The van der Waals surface area contributed by atoms with Gasteiger partial charge in [0.05, 0.1) is 11.7 Å². The number of aromatic carboxylic acids is 1. The van der Waals surface area contributed by atoms with Crippen LogP contribution in [0.2, 0.25) is 0 Å². The van der Waals surface area contributed by atoms with Crippen LogP contribution < -0.4 is 5.32 Å². The second kappa shape index (κ2) is 8.79. The third-order valence-electron chi connectivity index (χ3n) is 4.83. The van der Waals surface area contributed by atoms with Crippen LogP contribution >= 0.6 is 0 Å². The van der Waals surface area contributed by atoms with E-state index < -0.39 is 5.97 Å². The van der Waals surface area contributed by atoms with E-state index in [-0.39, 0.29) is 17.6 Å². The largest absolute Gasteiger partial charge is 0.478 e. The summed E-state index contributed by atoms with van der Waals surface area (Å²) in [5.41, 5.74) is 2.81. The van der Waals surface area contributed by atoms with Crippen molar-refractivity contribution in [2.75, 3.05) is 13.1 Å². The first-order valence-corrected chi connectivity index (χ1v) is 9.11. The van der Waals surface area contributed by atoms with Crippen LogP contribution in [0.1, 0.15) is 44.7 Å². The number of nitrogens with one attached hydrogen (secondary N) is 1. The first kappa shape index (κ1) is 19.1. The fourth-order valence-corrected chi connectivity index (χ4v) is 3.15. The number of nitrogens with zero attached hydrogens (tertiary/aromatic N) is 1. The Labute approximate surface area is 158 Å². The summed E-state index contributed by atoms with van der Waals surface area (Å²) in [4.78, 5) is 25.4. The molecule has 6 heteroatoms. The van der Waals surface area contributed by atoms with Crippen LogP contribution in [-0.2, 0) is 13.1 Å². The molecule has 3 N–H and O–H groups in total. The highest BCUT2D eigenvalue weighted by Gasteiger charge is 2.16. The molecule has 6 nitrogen and oxygen atoms in total. The molecule has 2 aromatic rings.